The number of nitrogens with zero attached hydrogens (tertiary/aromatic N) is 4. The van der Waals surface area contributed by atoms with Gasteiger partial charge in [-0.1, -0.05) is 31.5 Å². The number of unbranched alkanes of at least 4 members (excludes halogenated alkanes) is 1. The van der Waals surface area contributed by atoms with Crippen LogP contribution in [0.25, 0.3) is 21.9 Å². The van der Waals surface area contributed by atoms with Crippen molar-refractivity contribution >= 4 is 45.4 Å². The normalized spacial score (nSPS) is 12.1. The molecule has 0 saturated heterocycles. The van der Waals surface area contributed by atoms with E-state index in [9.17, 15) is 9.59 Å². The van der Waals surface area contributed by atoms with E-state index in [0.717, 1.165) is 41.5 Å². The van der Waals surface area contributed by atoms with Gasteiger partial charge in [-0.05, 0) is 31.7 Å². The Bertz CT molecular complexity index is 1210. The van der Waals surface area contributed by atoms with Crippen LogP contribution in [0.4, 0.5) is 5.82 Å². The SMILES string of the molecule is CCCCc1nc2c(N)nc3ccccc3c2n1CCCC(=O)[C@H](CCCN=C(N)N)NC(C)=O. The van der Waals surface area contributed by atoms with Crippen molar-refractivity contribution in [2.24, 2.45) is 16.5 Å². The Morgan fingerprint density at radius 2 is 1.91 bits per heavy atom. The lowest BCUT2D eigenvalue weighted by atomic mass is 10.0. The number of nitrogens with two attached hydrogens (primary N) is 3. The number of hydrogen-bond donors (Lipinski definition) is 4. The van der Waals surface area contributed by atoms with Gasteiger partial charge in [-0.25, -0.2) is 9.97 Å². The predicted octanol–water partition coefficient (Wildman–Crippen LogP) is 2.42. The van der Waals surface area contributed by atoms with Gasteiger partial charge in [0.15, 0.2) is 17.6 Å². The monoisotopic (exact) mass is 480 g/mol. The highest BCUT2D eigenvalue weighted by Gasteiger charge is 2.20. The summed E-state index contributed by atoms with van der Waals surface area (Å²) in [6, 6.07) is 7.33. The second-order valence-electron chi connectivity index (χ2n) is 8.77. The number of Topliss-reactive ketones (excluding diaryl/α,β-unsaturated/α-hetero) is 1. The van der Waals surface area contributed by atoms with Gasteiger partial charge in [-0.15, -0.1) is 0 Å². The van der Waals surface area contributed by atoms with Gasteiger partial charge in [0.05, 0.1) is 17.1 Å². The molecule has 10 nitrogen and oxygen atoms in total. The summed E-state index contributed by atoms with van der Waals surface area (Å²) in [7, 11) is 0. The largest absolute Gasteiger partial charge is 0.382 e. The molecule has 0 bridgehead atoms. The fraction of sp³-hybridized carbons (Fsp3) is 0.480. The Kier molecular flexibility index (Phi) is 8.99. The van der Waals surface area contributed by atoms with Gasteiger partial charge in [0.1, 0.15) is 11.3 Å². The highest BCUT2D eigenvalue weighted by Crippen LogP contribution is 2.29. The quantitative estimate of drug-likeness (QED) is 0.165. The lowest BCUT2D eigenvalue weighted by Crippen LogP contribution is -2.39. The smallest absolute Gasteiger partial charge is 0.217 e. The van der Waals surface area contributed by atoms with Crippen molar-refractivity contribution in [2.75, 3.05) is 12.3 Å². The number of nitrogens with one attached hydrogen (secondary N) is 1. The molecule has 10 heteroatoms. The van der Waals surface area contributed by atoms with E-state index in [-0.39, 0.29) is 17.6 Å². The van der Waals surface area contributed by atoms with Crippen molar-refractivity contribution in [1.29, 1.82) is 0 Å². The molecular formula is C25H36N8O2. The van der Waals surface area contributed by atoms with Gasteiger partial charge in [0.25, 0.3) is 0 Å². The molecule has 1 atom stereocenters. The van der Waals surface area contributed by atoms with Crippen LogP contribution in [0, 0.1) is 0 Å². The fourth-order valence-corrected chi connectivity index (χ4v) is 4.32. The van der Waals surface area contributed by atoms with E-state index >= 15 is 0 Å². The van der Waals surface area contributed by atoms with Crippen LogP contribution in [-0.2, 0) is 22.6 Å². The van der Waals surface area contributed by atoms with Gasteiger partial charge in [-0.3, -0.25) is 14.6 Å². The van der Waals surface area contributed by atoms with E-state index in [1.54, 1.807) is 0 Å². The van der Waals surface area contributed by atoms with Gasteiger partial charge in [0, 0.05) is 38.2 Å². The van der Waals surface area contributed by atoms with Crippen molar-refractivity contribution in [2.45, 2.75) is 71.4 Å². The molecule has 2 heterocycles. The standard InChI is InChI=1S/C25H36N8O2/c1-3-4-13-21-32-22-23(17-9-5-6-10-18(17)31-24(22)26)33(21)15-8-12-20(35)19(30-16(2)34)11-7-14-29-25(27)28/h5-6,9-10,19H,3-4,7-8,11-15H2,1-2H3,(H2,26,31)(H,30,34)(H4,27,28,29)/t19-/m0/s1. The number of hydrogen-bond acceptors (Lipinski definition) is 6. The highest BCUT2D eigenvalue weighted by molar-refractivity contribution is 6.06. The first-order valence-corrected chi connectivity index (χ1v) is 12.2. The molecule has 0 fully saturated rings. The second-order valence-corrected chi connectivity index (χ2v) is 8.77. The number of benzene rings is 1. The minimum absolute atomic E-state index is 0.00420. The summed E-state index contributed by atoms with van der Waals surface area (Å²) >= 11 is 0. The predicted molar refractivity (Wildman–Crippen MR) is 140 cm³/mol. The molecule has 3 rings (SSSR count). The number of carbonyl (C=O) groups excluding carboxylic acids is 2. The Labute approximate surface area is 205 Å². The summed E-state index contributed by atoms with van der Waals surface area (Å²) in [6.45, 7) is 4.59. The molecule has 0 saturated carbocycles. The number of para-hydroxylation sites is 1. The lowest BCUT2D eigenvalue weighted by Gasteiger charge is -2.17. The highest BCUT2D eigenvalue weighted by atomic mass is 16.2. The minimum Gasteiger partial charge on any atom is -0.382 e. The molecule has 7 N–H and O–H groups in total. The van der Waals surface area contributed by atoms with Crippen LogP contribution in [-0.4, -0.2) is 44.8 Å². The molecular weight excluding hydrogens is 444 g/mol. The van der Waals surface area contributed by atoms with Gasteiger partial charge >= 0.3 is 0 Å². The molecule has 2 aromatic heterocycles. The number of nitrogen functional groups attached to an aromatic ring is 1. The number of rotatable bonds is 13. The number of aliphatic imine (C=N–C) groups is 1. The van der Waals surface area contributed by atoms with Crippen LogP contribution < -0.4 is 22.5 Å². The zero-order valence-electron chi connectivity index (χ0n) is 20.6. The zero-order valence-corrected chi connectivity index (χ0v) is 20.6. The number of pyridine rings is 1. The average Bonchev–Trinajstić information content (AvgIpc) is 3.18. The number of fused-ring (bicyclic) bond motifs is 3. The molecule has 0 unspecified atom stereocenters. The van der Waals surface area contributed by atoms with Crippen molar-refractivity contribution in [1.82, 2.24) is 19.9 Å². The molecule has 0 radical (unpaired) electrons. The van der Waals surface area contributed by atoms with E-state index in [0.29, 0.717) is 50.1 Å². The first-order valence-electron chi connectivity index (χ1n) is 12.2. The molecule has 188 valence electrons. The van der Waals surface area contributed by atoms with Gasteiger partial charge in [-0.2, -0.15) is 0 Å². The summed E-state index contributed by atoms with van der Waals surface area (Å²) in [5.41, 5.74) is 19.5. The van der Waals surface area contributed by atoms with E-state index in [1.165, 1.54) is 6.92 Å². The first kappa shape index (κ1) is 25.9. The van der Waals surface area contributed by atoms with Crippen LogP contribution in [0.1, 0.15) is 58.2 Å². The number of aromatic nitrogens is 3. The van der Waals surface area contributed by atoms with Crippen molar-refractivity contribution in [3.63, 3.8) is 0 Å². The lowest BCUT2D eigenvalue weighted by molar-refractivity contribution is -0.127. The molecule has 0 aliphatic heterocycles. The van der Waals surface area contributed by atoms with E-state index in [2.05, 4.69) is 26.8 Å². The third-order valence-corrected chi connectivity index (χ3v) is 5.96. The van der Waals surface area contributed by atoms with Crippen molar-refractivity contribution in [3.05, 3.63) is 30.1 Å². The van der Waals surface area contributed by atoms with Crippen LogP contribution >= 0.6 is 0 Å². The molecule has 1 aromatic carbocycles. The number of anilines is 1. The van der Waals surface area contributed by atoms with Crippen molar-refractivity contribution < 1.29 is 9.59 Å². The molecule has 0 aliphatic carbocycles. The average molecular weight is 481 g/mol. The summed E-state index contributed by atoms with van der Waals surface area (Å²) in [5, 5.41) is 3.76. The van der Waals surface area contributed by atoms with Crippen LogP contribution in [0.3, 0.4) is 0 Å². The summed E-state index contributed by atoms with van der Waals surface area (Å²) in [5.74, 6) is 1.15. The number of ketones is 1. The maximum atomic E-state index is 13.0. The van der Waals surface area contributed by atoms with E-state index < -0.39 is 6.04 Å². The van der Waals surface area contributed by atoms with Crippen LogP contribution in [0.15, 0.2) is 29.3 Å². The third-order valence-electron chi connectivity index (χ3n) is 5.96. The number of amides is 1. The fourth-order valence-electron chi connectivity index (χ4n) is 4.32. The number of aryl methyl sites for hydroxylation is 2. The first-order chi connectivity index (χ1) is 16.8. The zero-order chi connectivity index (χ0) is 25.4. The van der Waals surface area contributed by atoms with Gasteiger partial charge < -0.3 is 27.1 Å². The summed E-state index contributed by atoms with van der Waals surface area (Å²) in [4.78, 5) is 37.9. The maximum absolute atomic E-state index is 13.0. The topological polar surface area (TPSA) is 167 Å². The summed E-state index contributed by atoms with van der Waals surface area (Å²) < 4.78 is 2.19. The van der Waals surface area contributed by atoms with Crippen LogP contribution in [0.2, 0.25) is 0 Å². The maximum Gasteiger partial charge on any atom is 0.217 e. The Hall–Kier alpha value is -3.69. The molecule has 35 heavy (non-hydrogen) atoms. The van der Waals surface area contributed by atoms with E-state index in [1.807, 2.05) is 24.3 Å². The second kappa shape index (κ2) is 12.1. The molecule has 0 aliphatic rings. The van der Waals surface area contributed by atoms with E-state index in [4.69, 9.17) is 22.2 Å². The van der Waals surface area contributed by atoms with Crippen LogP contribution in [0.5, 0.6) is 0 Å². The number of guanidine groups is 1. The van der Waals surface area contributed by atoms with Crippen molar-refractivity contribution in [3.8, 4) is 0 Å². The Morgan fingerprint density at radius 1 is 1.14 bits per heavy atom. The third kappa shape index (κ3) is 6.68. The Balaban J connectivity index is 1.79. The Morgan fingerprint density at radius 3 is 2.63 bits per heavy atom. The van der Waals surface area contributed by atoms with Gasteiger partial charge in [0.2, 0.25) is 5.91 Å². The molecule has 1 amide bonds. The summed E-state index contributed by atoms with van der Waals surface area (Å²) in [6.07, 6.45) is 4.91. The minimum atomic E-state index is -0.554. The number of carbonyl (C=O) groups is 2. The molecule has 0 spiro atoms. The number of imidazole rings is 1. The molecule has 3 aromatic rings.